The second-order valence-electron chi connectivity index (χ2n) is 4.59. The van der Waals surface area contributed by atoms with Crippen molar-refractivity contribution in [3.63, 3.8) is 0 Å². The molecule has 0 aliphatic carbocycles. The van der Waals surface area contributed by atoms with E-state index >= 15 is 0 Å². The smallest absolute Gasteiger partial charge is 0.272 e. The zero-order chi connectivity index (χ0) is 14.0. The predicted octanol–water partition coefficient (Wildman–Crippen LogP) is 1.41. The van der Waals surface area contributed by atoms with E-state index < -0.39 is 0 Å². The fourth-order valence-electron chi connectivity index (χ4n) is 2.20. The van der Waals surface area contributed by atoms with Crippen LogP contribution in [-0.2, 0) is 0 Å². The lowest BCUT2D eigenvalue weighted by molar-refractivity contribution is 0.0724. The fraction of sp³-hybridized carbons (Fsp3) is 0.429. The van der Waals surface area contributed by atoms with Crippen LogP contribution in [0.2, 0.25) is 0 Å². The van der Waals surface area contributed by atoms with E-state index in [1.807, 2.05) is 43.5 Å². The van der Waals surface area contributed by atoms with Crippen molar-refractivity contribution in [3.8, 4) is 0 Å². The molecule has 2 rings (SSSR count). The highest BCUT2D eigenvalue weighted by Crippen LogP contribution is 2.15. The highest BCUT2D eigenvalue weighted by molar-refractivity contribution is 5.94. The molecule has 0 radical (unpaired) electrons. The van der Waals surface area contributed by atoms with Crippen LogP contribution in [0, 0.1) is 13.8 Å². The fourth-order valence-corrected chi connectivity index (χ4v) is 2.20. The zero-order valence-corrected chi connectivity index (χ0v) is 11.6. The van der Waals surface area contributed by atoms with E-state index in [2.05, 4.69) is 4.98 Å². The summed E-state index contributed by atoms with van der Waals surface area (Å²) in [4.78, 5) is 18.5. The van der Waals surface area contributed by atoms with E-state index in [9.17, 15) is 4.79 Å². The van der Waals surface area contributed by atoms with Gasteiger partial charge in [-0.15, -0.1) is 0 Å². The summed E-state index contributed by atoms with van der Waals surface area (Å²) in [5.74, 6) is -0.0922. The molecule has 0 fully saturated rings. The average molecular weight is 261 g/mol. The number of aliphatic hydroxyl groups is 1. The van der Waals surface area contributed by atoms with E-state index in [0.717, 1.165) is 11.2 Å². The average Bonchev–Trinajstić information content (AvgIpc) is 2.70. The first-order valence-electron chi connectivity index (χ1n) is 6.44. The number of imidazole rings is 1. The summed E-state index contributed by atoms with van der Waals surface area (Å²) in [6.07, 6.45) is 1.87. The lowest BCUT2D eigenvalue weighted by Gasteiger charge is -2.19. The Morgan fingerprint density at radius 2 is 2.21 bits per heavy atom. The monoisotopic (exact) mass is 261 g/mol. The van der Waals surface area contributed by atoms with Crippen molar-refractivity contribution in [2.24, 2.45) is 0 Å². The molecule has 5 heteroatoms. The van der Waals surface area contributed by atoms with E-state index in [0.29, 0.717) is 24.5 Å². The van der Waals surface area contributed by atoms with Crippen LogP contribution in [0.3, 0.4) is 0 Å². The van der Waals surface area contributed by atoms with E-state index in [-0.39, 0.29) is 12.5 Å². The minimum absolute atomic E-state index is 0.0333. The molecule has 0 spiro atoms. The van der Waals surface area contributed by atoms with Crippen molar-refractivity contribution in [2.75, 3.05) is 19.7 Å². The van der Waals surface area contributed by atoms with Gasteiger partial charge in [-0.25, -0.2) is 4.98 Å². The van der Waals surface area contributed by atoms with Gasteiger partial charge >= 0.3 is 0 Å². The number of hydrogen-bond acceptors (Lipinski definition) is 3. The number of rotatable bonds is 4. The first kappa shape index (κ1) is 13.5. The maximum absolute atomic E-state index is 12.5. The molecule has 5 nitrogen and oxygen atoms in total. The summed E-state index contributed by atoms with van der Waals surface area (Å²) < 4.78 is 1.81. The number of likely N-dealkylation sites (N-methyl/N-ethyl adjacent to an activating group) is 1. The first-order valence-corrected chi connectivity index (χ1v) is 6.44. The molecule has 0 aromatic carbocycles. The van der Waals surface area contributed by atoms with Crippen molar-refractivity contribution in [1.82, 2.24) is 14.3 Å². The zero-order valence-electron chi connectivity index (χ0n) is 11.6. The molecule has 19 heavy (non-hydrogen) atoms. The molecule has 0 atom stereocenters. The van der Waals surface area contributed by atoms with E-state index in [4.69, 9.17) is 5.11 Å². The van der Waals surface area contributed by atoms with Gasteiger partial charge in [0.15, 0.2) is 0 Å². The molecule has 2 aromatic rings. The summed E-state index contributed by atoms with van der Waals surface area (Å²) >= 11 is 0. The summed E-state index contributed by atoms with van der Waals surface area (Å²) in [6.45, 7) is 6.61. The molecule has 0 bridgehead atoms. The summed E-state index contributed by atoms with van der Waals surface area (Å²) in [5.41, 5.74) is 3.18. The van der Waals surface area contributed by atoms with Crippen molar-refractivity contribution in [2.45, 2.75) is 20.8 Å². The van der Waals surface area contributed by atoms with Crippen molar-refractivity contribution < 1.29 is 9.90 Å². The summed E-state index contributed by atoms with van der Waals surface area (Å²) in [5, 5.41) is 9.02. The molecule has 0 saturated carbocycles. The molecule has 1 amide bonds. The number of aryl methyl sites for hydroxylation is 2. The minimum Gasteiger partial charge on any atom is -0.395 e. The van der Waals surface area contributed by atoms with Crippen LogP contribution in [0.15, 0.2) is 18.3 Å². The van der Waals surface area contributed by atoms with Crippen LogP contribution < -0.4 is 0 Å². The van der Waals surface area contributed by atoms with Gasteiger partial charge in [0, 0.05) is 19.3 Å². The summed E-state index contributed by atoms with van der Waals surface area (Å²) in [6, 6.07) is 3.90. The van der Waals surface area contributed by atoms with E-state index in [1.54, 1.807) is 4.90 Å². The highest BCUT2D eigenvalue weighted by atomic mass is 16.3. The van der Waals surface area contributed by atoms with Gasteiger partial charge in [0.1, 0.15) is 11.3 Å². The summed E-state index contributed by atoms with van der Waals surface area (Å²) in [7, 11) is 0. The second-order valence-corrected chi connectivity index (χ2v) is 4.59. The molecule has 0 aliphatic heterocycles. The number of aromatic nitrogens is 2. The Morgan fingerprint density at radius 3 is 2.84 bits per heavy atom. The maximum atomic E-state index is 12.5. The van der Waals surface area contributed by atoms with Crippen LogP contribution in [-0.4, -0.2) is 45.0 Å². The quantitative estimate of drug-likeness (QED) is 0.905. The number of fused-ring (bicyclic) bond motifs is 1. The number of amides is 1. The van der Waals surface area contributed by atoms with Crippen molar-refractivity contribution in [3.05, 3.63) is 35.3 Å². The third-order valence-corrected chi connectivity index (χ3v) is 3.20. The Balaban J connectivity index is 2.49. The molecule has 2 heterocycles. The van der Waals surface area contributed by atoms with Crippen molar-refractivity contribution in [1.29, 1.82) is 0 Å². The SMILES string of the molecule is CCN(CCO)C(=O)c1c(C)nc2cc(C)ccn12. The number of carbonyl (C=O) groups excluding carboxylic acids is 1. The number of carbonyl (C=O) groups is 1. The van der Waals surface area contributed by atoms with Gasteiger partial charge in [0.05, 0.1) is 12.3 Å². The third-order valence-electron chi connectivity index (χ3n) is 3.20. The molecular formula is C14H19N3O2. The van der Waals surface area contributed by atoms with Gasteiger partial charge < -0.3 is 10.0 Å². The van der Waals surface area contributed by atoms with Crippen LogP contribution in [0.25, 0.3) is 5.65 Å². The molecule has 0 unspecified atom stereocenters. The van der Waals surface area contributed by atoms with Gasteiger partial charge in [-0.1, -0.05) is 0 Å². The Labute approximate surface area is 112 Å². The Hall–Kier alpha value is -1.88. The molecular weight excluding hydrogens is 242 g/mol. The Bertz CT molecular complexity index is 604. The van der Waals surface area contributed by atoms with Gasteiger partial charge in [0.25, 0.3) is 5.91 Å². The second kappa shape index (κ2) is 5.40. The van der Waals surface area contributed by atoms with E-state index in [1.165, 1.54) is 0 Å². The highest BCUT2D eigenvalue weighted by Gasteiger charge is 2.21. The molecule has 2 aromatic heterocycles. The first-order chi connectivity index (χ1) is 9.08. The van der Waals surface area contributed by atoms with Crippen molar-refractivity contribution >= 4 is 11.6 Å². The van der Waals surface area contributed by atoms with Crippen LogP contribution in [0.1, 0.15) is 28.7 Å². The topological polar surface area (TPSA) is 57.8 Å². The number of pyridine rings is 1. The van der Waals surface area contributed by atoms with Crippen LogP contribution in [0.5, 0.6) is 0 Å². The molecule has 0 aliphatic rings. The number of nitrogens with zero attached hydrogens (tertiary/aromatic N) is 3. The number of aliphatic hydroxyl groups excluding tert-OH is 1. The maximum Gasteiger partial charge on any atom is 0.272 e. The Morgan fingerprint density at radius 1 is 1.47 bits per heavy atom. The van der Waals surface area contributed by atoms with Gasteiger partial charge in [0.2, 0.25) is 0 Å². The standard InChI is InChI=1S/C14H19N3O2/c1-4-16(7-8-18)14(19)13-11(3)15-12-9-10(2)5-6-17(12)13/h5-6,9,18H,4,7-8H2,1-3H3. The van der Waals surface area contributed by atoms with Gasteiger partial charge in [-0.2, -0.15) is 0 Å². The molecule has 102 valence electrons. The molecule has 1 N–H and O–H groups in total. The number of hydrogen-bond donors (Lipinski definition) is 1. The normalized spacial score (nSPS) is 10.9. The predicted molar refractivity (Wildman–Crippen MR) is 73.3 cm³/mol. The third kappa shape index (κ3) is 2.46. The van der Waals surface area contributed by atoms with Gasteiger partial charge in [-0.05, 0) is 38.5 Å². The lowest BCUT2D eigenvalue weighted by Crippen LogP contribution is -2.34. The van der Waals surface area contributed by atoms with Crippen LogP contribution in [0.4, 0.5) is 0 Å². The van der Waals surface area contributed by atoms with Gasteiger partial charge in [-0.3, -0.25) is 9.20 Å². The molecule has 0 saturated heterocycles. The van der Waals surface area contributed by atoms with Crippen LogP contribution >= 0.6 is 0 Å². The minimum atomic E-state index is -0.0922. The Kier molecular flexibility index (Phi) is 3.85. The largest absolute Gasteiger partial charge is 0.395 e. The lowest BCUT2D eigenvalue weighted by atomic mass is 10.3.